The quantitative estimate of drug-likeness (QED) is 0.283. The highest BCUT2D eigenvalue weighted by atomic mass is 19.4. The van der Waals surface area contributed by atoms with Gasteiger partial charge >= 0.3 is 12.1 Å². The lowest BCUT2D eigenvalue weighted by atomic mass is 10.0. The molecule has 2 aromatic carbocycles. The van der Waals surface area contributed by atoms with E-state index >= 15 is 0 Å². The van der Waals surface area contributed by atoms with Crippen molar-refractivity contribution in [3.05, 3.63) is 64.5 Å². The molecule has 2 rings (SSSR count). The summed E-state index contributed by atoms with van der Waals surface area (Å²) in [5.74, 6) is 0.0858. The first kappa shape index (κ1) is 22.3. The largest absolute Gasteiger partial charge is 0.508 e. The molecule has 0 aliphatic heterocycles. The molecule has 0 amide bonds. The lowest BCUT2D eigenvalue weighted by Gasteiger charge is -2.09. The number of hydrogen-bond acceptors (Lipinski definition) is 3. The summed E-state index contributed by atoms with van der Waals surface area (Å²) in [4.78, 5) is 12.3. The van der Waals surface area contributed by atoms with Gasteiger partial charge in [0.25, 0.3) is 0 Å². The van der Waals surface area contributed by atoms with Gasteiger partial charge in [0.2, 0.25) is 0 Å². The fourth-order valence-electron chi connectivity index (χ4n) is 2.79. The summed E-state index contributed by atoms with van der Waals surface area (Å²) in [6.45, 7) is 2.04. The van der Waals surface area contributed by atoms with Gasteiger partial charge in [-0.3, -0.25) is 0 Å². The molecule has 0 aromatic heterocycles. The van der Waals surface area contributed by atoms with Gasteiger partial charge in [-0.2, -0.15) is 13.2 Å². The number of alkyl halides is 3. The number of aromatic hydroxyl groups is 1. The summed E-state index contributed by atoms with van der Waals surface area (Å²) < 4.78 is 58.0. The Morgan fingerprint density at radius 2 is 1.90 bits per heavy atom. The average Bonchev–Trinajstić information content (AvgIpc) is 2.66. The van der Waals surface area contributed by atoms with Crippen LogP contribution in [0.5, 0.6) is 5.75 Å². The van der Waals surface area contributed by atoms with E-state index in [9.17, 15) is 27.5 Å². The van der Waals surface area contributed by atoms with Crippen LogP contribution in [-0.4, -0.2) is 11.1 Å². The predicted molar refractivity (Wildman–Crippen MR) is 99.6 cm³/mol. The van der Waals surface area contributed by atoms with Gasteiger partial charge in [0.05, 0.1) is 11.1 Å². The minimum Gasteiger partial charge on any atom is -0.508 e. The first-order chi connectivity index (χ1) is 13.7. The third-order valence-electron chi connectivity index (χ3n) is 4.26. The smallest absolute Gasteiger partial charge is 0.417 e. The highest BCUT2D eigenvalue weighted by Gasteiger charge is 2.33. The number of halogens is 4. The molecular formula is C22H20F4O3. The Morgan fingerprint density at radius 1 is 1.14 bits per heavy atom. The second-order valence-electron chi connectivity index (χ2n) is 6.42. The number of ether oxygens (including phenoxy) is 1. The van der Waals surface area contributed by atoms with E-state index in [0.29, 0.717) is 18.9 Å². The Bertz CT molecular complexity index is 924. The SMILES string of the molecule is CCCCCCc1c(F)cccc1C(=O)OC#Cc1ccc(O)cc1C(F)(F)F. The molecular weight excluding hydrogens is 388 g/mol. The minimum absolute atomic E-state index is 0.00227. The van der Waals surface area contributed by atoms with Gasteiger partial charge in [-0.05, 0) is 49.1 Å². The maximum Gasteiger partial charge on any atom is 0.417 e. The van der Waals surface area contributed by atoms with E-state index in [1.165, 1.54) is 18.2 Å². The maximum atomic E-state index is 14.1. The molecule has 0 bridgehead atoms. The molecule has 0 unspecified atom stereocenters. The van der Waals surface area contributed by atoms with Crippen LogP contribution in [0.3, 0.4) is 0 Å². The van der Waals surface area contributed by atoms with Crippen molar-refractivity contribution >= 4 is 5.97 Å². The van der Waals surface area contributed by atoms with E-state index in [1.807, 2.05) is 13.0 Å². The van der Waals surface area contributed by atoms with Crippen LogP contribution in [0.2, 0.25) is 0 Å². The molecule has 0 heterocycles. The topological polar surface area (TPSA) is 46.5 Å². The Kier molecular flexibility index (Phi) is 7.66. The maximum absolute atomic E-state index is 14.1. The first-order valence-corrected chi connectivity index (χ1v) is 9.13. The molecule has 0 fully saturated rings. The first-order valence-electron chi connectivity index (χ1n) is 9.13. The van der Waals surface area contributed by atoms with Crippen LogP contribution in [0, 0.1) is 17.8 Å². The van der Waals surface area contributed by atoms with E-state index in [1.54, 1.807) is 0 Å². The molecule has 154 valence electrons. The lowest BCUT2D eigenvalue weighted by molar-refractivity contribution is -0.137. The number of unbranched alkanes of at least 4 members (excludes halogenated alkanes) is 3. The van der Waals surface area contributed by atoms with Crippen molar-refractivity contribution in [2.45, 2.75) is 45.2 Å². The van der Waals surface area contributed by atoms with E-state index in [2.05, 4.69) is 5.92 Å². The van der Waals surface area contributed by atoms with Gasteiger partial charge in [-0.15, -0.1) is 0 Å². The van der Waals surface area contributed by atoms with Crippen LogP contribution in [0.25, 0.3) is 0 Å². The normalized spacial score (nSPS) is 10.9. The molecule has 0 aliphatic carbocycles. The second kappa shape index (κ2) is 9.97. The Labute approximate surface area is 166 Å². The van der Waals surface area contributed by atoms with Crippen molar-refractivity contribution in [2.24, 2.45) is 0 Å². The van der Waals surface area contributed by atoms with E-state index in [0.717, 1.165) is 31.4 Å². The highest BCUT2D eigenvalue weighted by molar-refractivity contribution is 5.91. The van der Waals surface area contributed by atoms with Crippen LogP contribution < -0.4 is 0 Å². The van der Waals surface area contributed by atoms with E-state index in [4.69, 9.17) is 4.74 Å². The number of carbonyl (C=O) groups excluding carboxylic acids is 1. The summed E-state index contributed by atoms with van der Waals surface area (Å²) in [7, 11) is 0. The highest BCUT2D eigenvalue weighted by Crippen LogP contribution is 2.33. The van der Waals surface area contributed by atoms with Crippen molar-refractivity contribution in [1.29, 1.82) is 0 Å². The number of rotatable bonds is 6. The van der Waals surface area contributed by atoms with E-state index < -0.39 is 34.8 Å². The Morgan fingerprint density at radius 3 is 2.59 bits per heavy atom. The zero-order valence-corrected chi connectivity index (χ0v) is 15.8. The second-order valence-corrected chi connectivity index (χ2v) is 6.42. The number of phenolic OH excluding ortho intramolecular Hbond substituents is 1. The molecule has 0 spiro atoms. The molecule has 0 radical (unpaired) electrons. The monoisotopic (exact) mass is 408 g/mol. The fourth-order valence-corrected chi connectivity index (χ4v) is 2.79. The number of hydrogen-bond donors (Lipinski definition) is 1. The molecule has 29 heavy (non-hydrogen) atoms. The summed E-state index contributed by atoms with van der Waals surface area (Å²) in [6.07, 6.45) is 1.16. The average molecular weight is 408 g/mol. The van der Waals surface area contributed by atoms with Crippen molar-refractivity contribution in [3.8, 4) is 17.8 Å². The summed E-state index contributed by atoms with van der Waals surface area (Å²) >= 11 is 0. The van der Waals surface area contributed by atoms with Crippen LogP contribution in [0.4, 0.5) is 17.6 Å². The van der Waals surface area contributed by atoms with Gasteiger partial charge in [0.1, 0.15) is 17.7 Å². The number of phenols is 1. The predicted octanol–water partition coefficient (Wildman–Crippen LogP) is 5.84. The van der Waals surface area contributed by atoms with Crippen LogP contribution >= 0.6 is 0 Å². The van der Waals surface area contributed by atoms with Crippen molar-refractivity contribution in [1.82, 2.24) is 0 Å². The van der Waals surface area contributed by atoms with Crippen molar-refractivity contribution in [2.75, 3.05) is 0 Å². The molecule has 1 N–H and O–H groups in total. The van der Waals surface area contributed by atoms with Crippen LogP contribution in [-0.2, 0) is 17.3 Å². The van der Waals surface area contributed by atoms with Crippen molar-refractivity contribution in [3.63, 3.8) is 0 Å². The van der Waals surface area contributed by atoms with Gasteiger partial charge in [-0.25, -0.2) is 9.18 Å². The van der Waals surface area contributed by atoms with Gasteiger partial charge in [-0.1, -0.05) is 32.3 Å². The summed E-state index contributed by atoms with van der Waals surface area (Å²) in [5, 5.41) is 9.26. The summed E-state index contributed by atoms with van der Waals surface area (Å²) in [5.41, 5.74) is -1.40. The zero-order chi connectivity index (χ0) is 21.4. The van der Waals surface area contributed by atoms with Crippen molar-refractivity contribution < 1.29 is 32.2 Å². The van der Waals surface area contributed by atoms with E-state index in [-0.39, 0.29) is 11.1 Å². The fraction of sp³-hybridized carbons (Fsp3) is 0.318. The number of carbonyl (C=O) groups is 1. The third-order valence-corrected chi connectivity index (χ3v) is 4.26. The molecule has 0 atom stereocenters. The molecule has 0 saturated heterocycles. The molecule has 2 aromatic rings. The molecule has 3 nitrogen and oxygen atoms in total. The Balaban J connectivity index is 2.19. The number of esters is 1. The van der Waals surface area contributed by atoms with Gasteiger partial charge < -0.3 is 9.84 Å². The van der Waals surface area contributed by atoms with Crippen LogP contribution in [0.1, 0.15) is 59.7 Å². The third kappa shape index (κ3) is 6.24. The standard InChI is InChI=1S/C22H20F4O3/c1-2-3-4-5-7-17-18(8-6-9-20(17)23)21(28)29-13-12-15-10-11-16(27)14-19(15)22(24,25)26/h6,8-11,14,27H,2-5,7H2,1H3. The summed E-state index contributed by atoms with van der Waals surface area (Å²) in [6, 6.07) is 6.54. The molecule has 7 heteroatoms. The molecule has 0 aliphatic rings. The van der Waals surface area contributed by atoms with Gasteiger partial charge in [0, 0.05) is 11.1 Å². The van der Waals surface area contributed by atoms with Gasteiger partial charge in [0.15, 0.2) is 0 Å². The Hall–Kier alpha value is -3.01. The molecule has 0 saturated carbocycles. The number of benzene rings is 2. The zero-order valence-electron chi connectivity index (χ0n) is 15.8. The van der Waals surface area contributed by atoms with Crippen LogP contribution in [0.15, 0.2) is 36.4 Å². The minimum atomic E-state index is -4.74. The lowest BCUT2D eigenvalue weighted by Crippen LogP contribution is -2.09.